The molecule has 8 rings (SSSR count). The minimum Gasteiger partial charge on any atom is -0.140 e. The summed E-state index contributed by atoms with van der Waals surface area (Å²) in [4.78, 5) is 4.55. The van der Waals surface area contributed by atoms with Crippen LogP contribution in [-0.2, 0) is 10.8 Å². The first kappa shape index (κ1) is 47.0. The summed E-state index contributed by atoms with van der Waals surface area (Å²) in [5.41, 5.74) is 11.7. The third-order valence-corrected chi connectivity index (χ3v) is 20.1. The number of hydrogen-bond acceptors (Lipinski definition) is 3. The smallest absolute Gasteiger partial charge is 0.0400 e. The van der Waals surface area contributed by atoms with E-state index in [9.17, 15) is 0 Å². The lowest BCUT2D eigenvalue weighted by Crippen LogP contribution is -2.32. The molecule has 0 spiro atoms. The highest BCUT2D eigenvalue weighted by Crippen LogP contribution is 2.67. The normalized spacial score (nSPS) is 19.8. The second kappa shape index (κ2) is 20.2. The summed E-state index contributed by atoms with van der Waals surface area (Å²) in [6.07, 6.45) is 26.1. The molecular formula is C60H82S3. The van der Waals surface area contributed by atoms with E-state index >= 15 is 0 Å². The number of benzene rings is 3. The van der Waals surface area contributed by atoms with Crippen LogP contribution in [0.25, 0.3) is 51.8 Å². The summed E-state index contributed by atoms with van der Waals surface area (Å²) in [7, 11) is 0. The number of aryl methyl sites for hydroxylation is 2. The Balaban J connectivity index is 1.48. The van der Waals surface area contributed by atoms with Crippen molar-refractivity contribution in [3.8, 4) is 21.6 Å². The van der Waals surface area contributed by atoms with Crippen molar-refractivity contribution in [1.29, 1.82) is 0 Å². The summed E-state index contributed by atoms with van der Waals surface area (Å²) in [5, 5.41) is 4.57. The van der Waals surface area contributed by atoms with Gasteiger partial charge in [0.05, 0.1) is 0 Å². The summed E-state index contributed by atoms with van der Waals surface area (Å²) in [6.45, 7) is 24.4. The molecule has 3 aromatic carbocycles. The summed E-state index contributed by atoms with van der Waals surface area (Å²) in [6, 6.07) is 20.5. The predicted molar refractivity (Wildman–Crippen MR) is 286 cm³/mol. The van der Waals surface area contributed by atoms with Gasteiger partial charge in [-0.1, -0.05) is 195 Å². The zero-order chi connectivity index (χ0) is 44.5. The molecule has 6 aromatic rings. The zero-order valence-corrected chi connectivity index (χ0v) is 43.7. The van der Waals surface area contributed by atoms with Gasteiger partial charge in [-0.05, 0) is 130 Å². The van der Waals surface area contributed by atoms with Crippen molar-refractivity contribution in [2.45, 2.75) is 208 Å². The molecule has 3 aromatic heterocycles. The Morgan fingerprint density at radius 2 is 0.778 bits per heavy atom. The van der Waals surface area contributed by atoms with Crippen LogP contribution < -0.4 is 0 Å². The molecule has 3 heteroatoms. The Bertz CT molecular complexity index is 2450. The van der Waals surface area contributed by atoms with Gasteiger partial charge in [-0.15, -0.1) is 34.0 Å². The topological polar surface area (TPSA) is 0 Å². The minimum absolute atomic E-state index is 0.00285. The van der Waals surface area contributed by atoms with Gasteiger partial charge in [0.25, 0.3) is 0 Å². The third-order valence-electron chi connectivity index (χ3n) is 16.6. The largest absolute Gasteiger partial charge is 0.140 e. The van der Waals surface area contributed by atoms with E-state index in [-0.39, 0.29) is 10.8 Å². The van der Waals surface area contributed by atoms with E-state index in [1.807, 2.05) is 0 Å². The van der Waals surface area contributed by atoms with Crippen LogP contribution >= 0.6 is 34.0 Å². The van der Waals surface area contributed by atoms with Crippen LogP contribution in [0.4, 0.5) is 0 Å². The predicted octanol–water partition coefficient (Wildman–Crippen LogP) is 20.9. The molecule has 4 unspecified atom stereocenters. The lowest BCUT2D eigenvalue weighted by Gasteiger charge is -2.40. The minimum atomic E-state index is 0.00285. The molecule has 0 bridgehead atoms. The lowest BCUT2D eigenvalue weighted by molar-refractivity contribution is 0.268. The third kappa shape index (κ3) is 8.47. The molecule has 0 aliphatic heterocycles. The van der Waals surface area contributed by atoms with E-state index in [2.05, 4.69) is 152 Å². The van der Waals surface area contributed by atoms with Crippen molar-refractivity contribution in [2.75, 3.05) is 0 Å². The van der Waals surface area contributed by atoms with E-state index in [0.717, 1.165) is 11.8 Å². The molecule has 0 N–H and O–H groups in total. The van der Waals surface area contributed by atoms with Crippen LogP contribution in [0.15, 0.2) is 48.5 Å². The number of hydrogen-bond donors (Lipinski definition) is 0. The molecule has 0 nitrogen and oxygen atoms in total. The van der Waals surface area contributed by atoms with Crippen LogP contribution in [0, 0.1) is 37.5 Å². The van der Waals surface area contributed by atoms with Crippen LogP contribution in [-0.4, -0.2) is 0 Å². The van der Waals surface area contributed by atoms with E-state index in [1.54, 1.807) is 63.3 Å². The van der Waals surface area contributed by atoms with E-state index in [1.165, 1.54) is 149 Å². The Kier molecular flexibility index (Phi) is 15.1. The monoisotopic (exact) mass is 899 g/mol. The van der Waals surface area contributed by atoms with Gasteiger partial charge in [-0.25, -0.2) is 0 Å². The van der Waals surface area contributed by atoms with Gasteiger partial charge in [0.15, 0.2) is 0 Å². The Labute approximate surface area is 396 Å². The van der Waals surface area contributed by atoms with Crippen LogP contribution in [0.1, 0.15) is 216 Å². The second-order valence-corrected chi connectivity index (χ2v) is 24.4. The van der Waals surface area contributed by atoms with Gasteiger partial charge in [-0.3, -0.25) is 0 Å². The van der Waals surface area contributed by atoms with Crippen molar-refractivity contribution >= 4 is 64.3 Å². The van der Waals surface area contributed by atoms with Crippen molar-refractivity contribution < 1.29 is 0 Å². The number of unbranched alkanes of at least 4 members (excludes halogenated alkanes) is 4. The second-order valence-electron chi connectivity index (χ2n) is 20.8. The highest BCUT2D eigenvalue weighted by Gasteiger charge is 2.52. The van der Waals surface area contributed by atoms with Gasteiger partial charge in [0.2, 0.25) is 0 Å². The van der Waals surface area contributed by atoms with Gasteiger partial charge in [-0.2, -0.15) is 0 Å². The van der Waals surface area contributed by atoms with Gasteiger partial charge >= 0.3 is 0 Å². The molecular weight excluding hydrogens is 817 g/mol. The zero-order valence-electron chi connectivity index (χ0n) is 41.3. The highest BCUT2D eigenvalue weighted by atomic mass is 32.1. The molecule has 2 aliphatic carbocycles. The number of rotatable bonds is 24. The molecule has 2 aliphatic rings. The fourth-order valence-corrected chi connectivity index (χ4v) is 17.2. The molecule has 0 amide bonds. The Morgan fingerprint density at radius 1 is 0.413 bits per heavy atom. The SMILES string of the molecule is CCCCC(CC)CC1(CC(CC)CCCC)c2c(sc3c4c(ccc23)-c2ccc3cc(C)sc3c2C4(CC(CC)CCCC)CC(CC)CCCC)-c2ccc3cc(C)sc3c21. The lowest BCUT2D eigenvalue weighted by atomic mass is 9.63. The maximum Gasteiger partial charge on any atom is 0.0400 e. The first-order valence-corrected chi connectivity index (χ1v) is 28.8. The number of fused-ring (bicyclic) bond motifs is 13. The van der Waals surface area contributed by atoms with Crippen molar-refractivity contribution in [3.63, 3.8) is 0 Å². The molecule has 340 valence electrons. The van der Waals surface area contributed by atoms with E-state index in [0.29, 0.717) is 11.8 Å². The molecule has 0 saturated heterocycles. The quantitative estimate of drug-likeness (QED) is 0.0568. The van der Waals surface area contributed by atoms with Gasteiger partial charge in [0.1, 0.15) is 0 Å². The molecule has 3 heterocycles. The Morgan fingerprint density at radius 3 is 1.19 bits per heavy atom. The fourth-order valence-electron chi connectivity index (χ4n) is 13.3. The van der Waals surface area contributed by atoms with Crippen molar-refractivity contribution in [1.82, 2.24) is 0 Å². The maximum atomic E-state index is 2.69. The molecule has 0 saturated carbocycles. The molecule has 4 atom stereocenters. The molecule has 63 heavy (non-hydrogen) atoms. The summed E-state index contributed by atoms with van der Waals surface area (Å²) < 4.78 is 4.85. The Hall–Kier alpha value is -2.46. The van der Waals surface area contributed by atoms with E-state index < -0.39 is 0 Å². The average Bonchev–Trinajstić information content (AvgIpc) is 4.09. The fraction of sp³-hybridized carbons (Fsp3) is 0.600. The van der Waals surface area contributed by atoms with Crippen LogP contribution in [0.5, 0.6) is 0 Å². The highest BCUT2D eigenvalue weighted by molar-refractivity contribution is 7.23. The summed E-state index contributed by atoms with van der Waals surface area (Å²) >= 11 is 6.44. The van der Waals surface area contributed by atoms with E-state index in [4.69, 9.17) is 0 Å². The molecule has 0 radical (unpaired) electrons. The number of thiophene rings is 3. The summed E-state index contributed by atoms with van der Waals surface area (Å²) in [5.74, 6) is 2.88. The van der Waals surface area contributed by atoms with Crippen molar-refractivity contribution in [2.24, 2.45) is 23.7 Å². The average molecular weight is 900 g/mol. The maximum absolute atomic E-state index is 2.69. The van der Waals surface area contributed by atoms with Crippen molar-refractivity contribution in [3.05, 3.63) is 80.5 Å². The van der Waals surface area contributed by atoms with Gasteiger partial charge in [0, 0.05) is 39.6 Å². The van der Waals surface area contributed by atoms with Crippen LogP contribution in [0.3, 0.4) is 0 Å². The standard InChI is InChI=1S/C60H82S3/c1-11-19-23-41(15-5)35-59(36-42(16-6)24-20-12-2)51-47(29-27-45-33-39(9)61-55(45)51)48-31-32-50-54-58(63-57(50)52(48)59)49-30-28-46-34-40(10)62-56(46)53(49)60(54,37-43(17-7)25-21-13-3)38-44(18-8)26-22-14-4/h27-34,41-44H,11-26,35-38H2,1-10H3. The first-order valence-electron chi connectivity index (χ1n) is 26.3. The van der Waals surface area contributed by atoms with Gasteiger partial charge < -0.3 is 0 Å². The van der Waals surface area contributed by atoms with Crippen LogP contribution in [0.2, 0.25) is 0 Å². The molecule has 0 fully saturated rings. The first-order chi connectivity index (χ1) is 30.6.